The second kappa shape index (κ2) is 11.4. The number of anilines is 1. The zero-order valence-electron chi connectivity index (χ0n) is 18.7. The fourth-order valence-electron chi connectivity index (χ4n) is 3.28. The minimum Gasteiger partial charge on any atom is -0.497 e. The van der Waals surface area contributed by atoms with Crippen molar-refractivity contribution in [3.8, 4) is 11.5 Å². The summed E-state index contributed by atoms with van der Waals surface area (Å²) in [7, 11) is -2.39. The molecule has 0 fully saturated rings. The maximum Gasteiger partial charge on any atom is 0.264 e. The van der Waals surface area contributed by atoms with Crippen LogP contribution >= 0.6 is 0 Å². The van der Waals surface area contributed by atoms with Crippen molar-refractivity contribution in [2.24, 2.45) is 0 Å². The third-order valence-electron chi connectivity index (χ3n) is 4.95. The second-order valence-corrected chi connectivity index (χ2v) is 9.04. The van der Waals surface area contributed by atoms with Gasteiger partial charge in [-0.05, 0) is 55.3 Å². The molecule has 0 aliphatic heterocycles. The number of amides is 1. The summed E-state index contributed by atoms with van der Waals surface area (Å²) in [6.45, 7) is 2.18. The molecule has 0 heterocycles. The van der Waals surface area contributed by atoms with E-state index in [0.717, 1.165) is 15.6 Å². The molecule has 3 aromatic rings. The van der Waals surface area contributed by atoms with E-state index in [4.69, 9.17) is 9.47 Å². The molecule has 174 valence electrons. The average molecular weight is 469 g/mol. The fourth-order valence-corrected chi connectivity index (χ4v) is 4.74. The molecule has 0 saturated heterocycles. The topological polar surface area (TPSA) is 84.9 Å². The molecule has 8 heteroatoms. The molecule has 3 aromatic carbocycles. The Labute approximate surface area is 195 Å². The summed E-state index contributed by atoms with van der Waals surface area (Å²) in [5.74, 6) is 0.748. The van der Waals surface area contributed by atoms with E-state index in [0.29, 0.717) is 31.0 Å². The van der Waals surface area contributed by atoms with Crippen molar-refractivity contribution in [1.82, 2.24) is 5.32 Å². The van der Waals surface area contributed by atoms with Crippen LogP contribution in [0.1, 0.15) is 12.5 Å². The fraction of sp³-hybridized carbons (Fsp3) is 0.240. The molecule has 0 atom stereocenters. The van der Waals surface area contributed by atoms with E-state index in [1.807, 2.05) is 31.2 Å². The first kappa shape index (κ1) is 24.1. The van der Waals surface area contributed by atoms with Crippen LogP contribution in [0.5, 0.6) is 11.5 Å². The number of nitrogens with one attached hydrogen (secondary N) is 1. The Hall–Kier alpha value is -3.52. The molecular formula is C25H28N2O5S. The summed E-state index contributed by atoms with van der Waals surface area (Å²) >= 11 is 0. The van der Waals surface area contributed by atoms with Gasteiger partial charge in [0.05, 0.1) is 24.3 Å². The number of hydrogen-bond donors (Lipinski definition) is 1. The molecule has 0 bridgehead atoms. The summed E-state index contributed by atoms with van der Waals surface area (Å²) in [6, 6.07) is 22.4. The Kier molecular flexibility index (Phi) is 8.32. The van der Waals surface area contributed by atoms with E-state index in [2.05, 4.69) is 5.32 Å². The highest BCUT2D eigenvalue weighted by Crippen LogP contribution is 2.32. The first-order valence-electron chi connectivity index (χ1n) is 10.6. The number of para-hydroxylation sites is 2. The first-order valence-corrected chi connectivity index (χ1v) is 12.1. The van der Waals surface area contributed by atoms with Gasteiger partial charge >= 0.3 is 0 Å². The Morgan fingerprint density at radius 1 is 0.939 bits per heavy atom. The molecule has 33 heavy (non-hydrogen) atoms. The van der Waals surface area contributed by atoms with Gasteiger partial charge in [-0.2, -0.15) is 0 Å². The van der Waals surface area contributed by atoms with Gasteiger partial charge in [0.15, 0.2) is 0 Å². The van der Waals surface area contributed by atoms with Gasteiger partial charge in [0.2, 0.25) is 5.91 Å². The predicted octanol–water partition coefficient (Wildman–Crippen LogP) is 3.65. The van der Waals surface area contributed by atoms with Gasteiger partial charge < -0.3 is 14.8 Å². The van der Waals surface area contributed by atoms with Crippen molar-refractivity contribution in [1.29, 1.82) is 0 Å². The van der Waals surface area contributed by atoms with Crippen LogP contribution in [-0.2, 0) is 21.2 Å². The van der Waals surface area contributed by atoms with Crippen molar-refractivity contribution < 1.29 is 22.7 Å². The lowest BCUT2D eigenvalue weighted by molar-refractivity contribution is -0.119. The van der Waals surface area contributed by atoms with Crippen LogP contribution in [0.4, 0.5) is 5.69 Å². The highest BCUT2D eigenvalue weighted by molar-refractivity contribution is 7.92. The number of hydrogen-bond acceptors (Lipinski definition) is 5. The third-order valence-corrected chi connectivity index (χ3v) is 6.72. The molecule has 0 saturated carbocycles. The van der Waals surface area contributed by atoms with Crippen LogP contribution in [0.2, 0.25) is 0 Å². The number of benzene rings is 3. The minimum absolute atomic E-state index is 0.0994. The standard InChI is InChI=1S/C25H28N2O5S/c1-3-32-24-12-8-7-11-23(24)27(33(29,30)22-9-5-4-6-10-22)19-25(28)26-18-17-20-13-15-21(31-2)16-14-20/h4-16H,3,17-19H2,1-2H3,(H,26,28). The molecule has 0 aromatic heterocycles. The lowest BCUT2D eigenvalue weighted by atomic mass is 10.1. The molecule has 0 aliphatic rings. The van der Waals surface area contributed by atoms with Gasteiger partial charge in [0.25, 0.3) is 10.0 Å². The Morgan fingerprint density at radius 3 is 2.27 bits per heavy atom. The normalized spacial score (nSPS) is 11.0. The maximum atomic E-state index is 13.5. The highest BCUT2D eigenvalue weighted by atomic mass is 32.2. The van der Waals surface area contributed by atoms with E-state index in [1.165, 1.54) is 12.1 Å². The molecule has 1 N–H and O–H groups in total. The van der Waals surface area contributed by atoms with Crippen molar-refractivity contribution in [3.05, 3.63) is 84.4 Å². The molecule has 7 nitrogen and oxygen atoms in total. The van der Waals surface area contributed by atoms with E-state index >= 15 is 0 Å². The molecular weight excluding hydrogens is 440 g/mol. The lowest BCUT2D eigenvalue weighted by Gasteiger charge is -2.26. The van der Waals surface area contributed by atoms with Gasteiger partial charge in [-0.3, -0.25) is 9.10 Å². The number of sulfonamides is 1. The summed E-state index contributed by atoms with van der Waals surface area (Å²) in [4.78, 5) is 12.9. The minimum atomic E-state index is -4.00. The second-order valence-electron chi connectivity index (χ2n) is 7.17. The first-order chi connectivity index (χ1) is 16.0. The third kappa shape index (κ3) is 6.26. The number of carbonyl (C=O) groups is 1. The zero-order chi connectivity index (χ0) is 23.7. The largest absolute Gasteiger partial charge is 0.497 e. The summed E-state index contributed by atoms with van der Waals surface area (Å²) in [5, 5.41) is 2.82. The Bertz CT molecular complexity index is 1150. The van der Waals surface area contributed by atoms with Gasteiger partial charge in [0.1, 0.15) is 18.0 Å². The molecule has 0 unspecified atom stereocenters. The predicted molar refractivity (Wildman–Crippen MR) is 128 cm³/mol. The molecule has 3 rings (SSSR count). The van der Waals surface area contributed by atoms with Crippen molar-refractivity contribution in [2.45, 2.75) is 18.2 Å². The van der Waals surface area contributed by atoms with Gasteiger partial charge in [-0.25, -0.2) is 8.42 Å². The zero-order valence-corrected chi connectivity index (χ0v) is 19.5. The number of methoxy groups -OCH3 is 1. The highest BCUT2D eigenvalue weighted by Gasteiger charge is 2.29. The van der Waals surface area contributed by atoms with Crippen LogP contribution in [0.15, 0.2) is 83.8 Å². The van der Waals surface area contributed by atoms with Crippen molar-refractivity contribution in [2.75, 3.05) is 31.1 Å². The number of rotatable bonds is 11. The monoisotopic (exact) mass is 468 g/mol. The van der Waals surface area contributed by atoms with Crippen LogP contribution in [0.3, 0.4) is 0 Å². The summed E-state index contributed by atoms with van der Waals surface area (Å²) < 4.78 is 38.8. The van der Waals surface area contributed by atoms with Crippen LogP contribution in [0, 0.1) is 0 Å². The number of carbonyl (C=O) groups excluding carboxylic acids is 1. The number of nitrogens with zero attached hydrogens (tertiary/aromatic N) is 1. The van der Waals surface area contributed by atoms with E-state index in [9.17, 15) is 13.2 Å². The van der Waals surface area contributed by atoms with E-state index < -0.39 is 15.9 Å². The van der Waals surface area contributed by atoms with Crippen LogP contribution in [0.25, 0.3) is 0 Å². The van der Waals surface area contributed by atoms with Gasteiger partial charge in [0, 0.05) is 6.54 Å². The number of ether oxygens (including phenoxy) is 2. The van der Waals surface area contributed by atoms with Crippen molar-refractivity contribution >= 4 is 21.6 Å². The van der Waals surface area contributed by atoms with Crippen molar-refractivity contribution in [3.63, 3.8) is 0 Å². The molecule has 0 spiro atoms. The van der Waals surface area contributed by atoms with Gasteiger partial charge in [-0.1, -0.05) is 42.5 Å². The SMILES string of the molecule is CCOc1ccccc1N(CC(=O)NCCc1ccc(OC)cc1)S(=O)(=O)c1ccccc1. The summed E-state index contributed by atoms with van der Waals surface area (Å²) in [5.41, 5.74) is 1.35. The van der Waals surface area contributed by atoms with E-state index in [1.54, 1.807) is 49.6 Å². The molecule has 0 radical (unpaired) electrons. The average Bonchev–Trinajstić information content (AvgIpc) is 2.84. The lowest BCUT2D eigenvalue weighted by Crippen LogP contribution is -2.41. The Morgan fingerprint density at radius 2 is 1.61 bits per heavy atom. The van der Waals surface area contributed by atoms with Gasteiger partial charge in [-0.15, -0.1) is 0 Å². The van der Waals surface area contributed by atoms with Crippen LogP contribution < -0.4 is 19.1 Å². The Balaban J connectivity index is 1.79. The molecule has 0 aliphatic carbocycles. The molecule has 1 amide bonds. The maximum absolute atomic E-state index is 13.5. The smallest absolute Gasteiger partial charge is 0.264 e. The van der Waals surface area contributed by atoms with Crippen LogP contribution in [-0.4, -0.2) is 41.1 Å². The quantitative estimate of drug-likeness (QED) is 0.464. The van der Waals surface area contributed by atoms with E-state index in [-0.39, 0.29) is 11.4 Å². The summed E-state index contributed by atoms with van der Waals surface area (Å²) in [6.07, 6.45) is 0.608.